The lowest BCUT2D eigenvalue weighted by molar-refractivity contribution is -0.118. The van der Waals surface area contributed by atoms with E-state index in [4.69, 9.17) is 5.73 Å². The van der Waals surface area contributed by atoms with Crippen molar-refractivity contribution in [1.82, 2.24) is 14.6 Å². The molecule has 0 aliphatic heterocycles. The van der Waals surface area contributed by atoms with Crippen molar-refractivity contribution < 1.29 is 4.79 Å². The van der Waals surface area contributed by atoms with E-state index in [-0.39, 0.29) is 0 Å². The molecular weight excluding hydrogens is 206 g/mol. The van der Waals surface area contributed by atoms with Crippen LogP contribution in [-0.4, -0.2) is 26.5 Å². The van der Waals surface area contributed by atoms with Crippen LogP contribution in [0.2, 0.25) is 0 Å². The van der Waals surface area contributed by atoms with Crippen molar-refractivity contribution in [2.24, 2.45) is 5.73 Å². The molecule has 1 atom stereocenters. The van der Waals surface area contributed by atoms with Crippen molar-refractivity contribution in [1.29, 1.82) is 0 Å². The predicted molar refractivity (Wildman–Crippen MR) is 60.0 cm³/mol. The number of carbonyl (C=O) groups excluding carboxylic acids is 1. The lowest BCUT2D eigenvalue weighted by Gasteiger charge is -2.06. The number of nitrogens with one attached hydrogen (secondary N) is 1. The second-order valence-electron chi connectivity index (χ2n) is 3.71. The molecule has 2 rings (SSSR count). The highest BCUT2D eigenvalue weighted by Gasteiger charge is 2.11. The average molecular weight is 219 g/mol. The van der Waals surface area contributed by atoms with Crippen LogP contribution in [0, 0.1) is 6.92 Å². The predicted octanol–water partition coefficient (Wildman–Crippen LogP) is 0.323. The van der Waals surface area contributed by atoms with Crippen LogP contribution in [0.5, 0.6) is 0 Å². The molecule has 0 aliphatic rings. The number of aromatic nitrogens is 3. The van der Waals surface area contributed by atoms with Gasteiger partial charge in [0, 0.05) is 6.20 Å². The minimum Gasteiger partial charge on any atom is -0.368 e. The number of carbonyl (C=O) groups is 1. The van der Waals surface area contributed by atoms with Crippen LogP contribution >= 0.6 is 0 Å². The Hall–Kier alpha value is -2.11. The summed E-state index contributed by atoms with van der Waals surface area (Å²) in [6.45, 7) is 3.65. The van der Waals surface area contributed by atoms with E-state index in [0.717, 1.165) is 11.2 Å². The number of pyridine rings is 1. The molecule has 0 saturated heterocycles. The summed E-state index contributed by atoms with van der Waals surface area (Å²) in [4.78, 5) is 15.1. The molecule has 0 spiro atoms. The third kappa shape index (κ3) is 1.95. The van der Waals surface area contributed by atoms with Gasteiger partial charge in [-0.1, -0.05) is 0 Å². The van der Waals surface area contributed by atoms with E-state index in [2.05, 4.69) is 15.4 Å². The molecule has 2 heterocycles. The van der Waals surface area contributed by atoms with Gasteiger partial charge in [0.05, 0.1) is 0 Å². The molecule has 1 unspecified atom stereocenters. The van der Waals surface area contributed by atoms with Crippen molar-refractivity contribution in [2.75, 3.05) is 5.32 Å². The van der Waals surface area contributed by atoms with Gasteiger partial charge in [-0.2, -0.15) is 4.98 Å². The van der Waals surface area contributed by atoms with Gasteiger partial charge in [-0.3, -0.25) is 4.79 Å². The zero-order valence-electron chi connectivity index (χ0n) is 9.14. The number of primary amides is 1. The largest absolute Gasteiger partial charge is 0.368 e. The molecule has 6 nitrogen and oxygen atoms in total. The van der Waals surface area contributed by atoms with Gasteiger partial charge in [0.1, 0.15) is 6.04 Å². The molecular formula is C10H13N5O. The minimum absolute atomic E-state index is 0.400. The van der Waals surface area contributed by atoms with Gasteiger partial charge in [-0.15, -0.1) is 5.10 Å². The maximum atomic E-state index is 10.9. The van der Waals surface area contributed by atoms with Crippen molar-refractivity contribution >= 4 is 17.5 Å². The highest BCUT2D eigenvalue weighted by atomic mass is 16.1. The third-order valence-corrected chi connectivity index (χ3v) is 2.27. The van der Waals surface area contributed by atoms with Gasteiger partial charge in [0.15, 0.2) is 5.65 Å². The van der Waals surface area contributed by atoms with Crippen molar-refractivity contribution in [3.8, 4) is 0 Å². The summed E-state index contributed by atoms with van der Waals surface area (Å²) in [6, 6.07) is 3.36. The van der Waals surface area contributed by atoms with Crippen LogP contribution < -0.4 is 11.1 Å². The van der Waals surface area contributed by atoms with E-state index in [9.17, 15) is 4.79 Å². The third-order valence-electron chi connectivity index (χ3n) is 2.27. The Morgan fingerprint density at radius 3 is 3.06 bits per heavy atom. The van der Waals surface area contributed by atoms with Gasteiger partial charge >= 0.3 is 0 Å². The number of hydrogen-bond donors (Lipinski definition) is 2. The first-order valence-corrected chi connectivity index (χ1v) is 4.95. The molecule has 0 aromatic carbocycles. The van der Waals surface area contributed by atoms with E-state index in [0.29, 0.717) is 5.95 Å². The smallest absolute Gasteiger partial charge is 0.243 e. The molecule has 0 aliphatic carbocycles. The number of nitrogens with zero attached hydrogens (tertiary/aromatic N) is 3. The number of amides is 1. The zero-order valence-corrected chi connectivity index (χ0v) is 9.14. The lowest BCUT2D eigenvalue weighted by atomic mass is 10.3. The number of nitrogens with two attached hydrogens (primary N) is 1. The van der Waals surface area contributed by atoms with Gasteiger partial charge in [0.2, 0.25) is 11.9 Å². The molecule has 84 valence electrons. The lowest BCUT2D eigenvalue weighted by Crippen LogP contribution is -2.32. The van der Waals surface area contributed by atoms with Gasteiger partial charge < -0.3 is 11.1 Å². The molecule has 0 radical (unpaired) electrons. The van der Waals surface area contributed by atoms with Crippen LogP contribution in [0.4, 0.5) is 5.95 Å². The summed E-state index contributed by atoms with van der Waals surface area (Å²) in [5.41, 5.74) is 6.98. The topological polar surface area (TPSA) is 85.3 Å². The second-order valence-corrected chi connectivity index (χ2v) is 3.71. The van der Waals surface area contributed by atoms with Crippen molar-refractivity contribution in [2.45, 2.75) is 19.9 Å². The van der Waals surface area contributed by atoms with Crippen LogP contribution in [0.3, 0.4) is 0 Å². The second kappa shape index (κ2) is 3.80. The molecule has 2 aromatic heterocycles. The van der Waals surface area contributed by atoms with Crippen LogP contribution in [0.1, 0.15) is 12.5 Å². The number of anilines is 1. The summed E-state index contributed by atoms with van der Waals surface area (Å²) in [7, 11) is 0. The number of fused-ring (bicyclic) bond motifs is 1. The molecule has 0 bridgehead atoms. The van der Waals surface area contributed by atoms with Crippen LogP contribution in [-0.2, 0) is 4.79 Å². The normalized spacial score (nSPS) is 12.6. The average Bonchev–Trinajstić information content (AvgIpc) is 2.58. The first-order valence-electron chi connectivity index (χ1n) is 4.95. The highest BCUT2D eigenvalue weighted by Crippen LogP contribution is 2.08. The summed E-state index contributed by atoms with van der Waals surface area (Å²) in [5, 5.41) is 7.00. The molecule has 1 amide bonds. The highest BCUT2D eigenvalue weighted by molar-refractivity contribution is 5.81. The fourth-order valence-corrected chi connectivity index (χ4v) is 1.31. The maximum absolute atomic E-state index is 10.9. The van der Waals surface area contributed by atoms with E-state index in [1.54, 1.807) is 11.4 Å². The van der Waals surface area contributed by atoms with Crippen molar-refractivity contribution in [3.63, 3.8) is 0 Å². The van der Waals surface area contributed by atoms with E-state index in [1.807, 2.05) is 25.3 Å². The summed E-state index contributed by atoms with van der Waals surface area (Å²) >= 11 is 0. The Bertz CT molecular complexity index is 533. The fraction of sp³-hybridized carbons (Fsp3) is 0.300. The Labute approximate surface area is 92.5 Å². The van der Waals surface area contributed by atoms with E-state index < -0.39 is 11.9 Å². The standard InChI is InChI=1S/C10H13N5O/c1-6-3-4-15-8(5-6)13-10(14-15)12-7(2)9(11)16/h3-5,7H,1-2H3,(H2,11,16)(H,12,14). The Kier molecular flexibility index (Phi) is 2.47. The van der Waals surface area contributed by atoms with E-state index in [1.165, 1.54) is 0 Å². The van der Waals surface area contributed by atoms with Crippen LogP contribution in [0.15, 0.2) is 18.3 Å². The maximum Gasteiger partial charge on any atom is 0.243 e. The SMILES string of the molecule is Cc1ccn2nc(NC(C)C(N)=O)nc2c1. The summed E-state index contributed by atoms with van der Waals surface area (Å²) in [6.07, 6.45) is 1.82. The molecule has 0 saturated carbocycles. The number of rotatable bonds is 3. The molecule has 0 fully saturated rings. The first kappa shape index (κ1) is 10.4. The summed E-state index contributed by atoms with van der Waals surface area (Å²) < 4.78 is 1.64. The number of aryl methyl sites for hydroxylation is 1. The fourth-order valence-electron chi connectivity index (χ4n) is 1.31. The van der Waals surface area contributed by atoms with Gasteiger partial charge in [0.25, 0.3) is 0 Å². The Morgan fingerprint density at radius 2 is 2.38 bits per heavy atom. The van der Waals surface area contributed by atoms with Crippen molar-refractivity contribution in [3.05, 3.63) is 23.9 Å². The molecule has 2 aromatic rings. The number of hydrogen-bond acceptors (Lipinski definition) is 4. The molecule has 3 N–H and O–H groups in total. The molecule has 6 heteroatoms. The van der Waals surface area contributed by atoms with Gasteiger partial charge in [-0.25, -0.2) is 4.52 Å². The zero-order chi connectivity index (χ0) is 11.7. The summed E-state index contributed by atoms with van der Waals surface area (Å²) in [5.74, 6) is -0.0352. The minimum atomic E-state index is -0.487. The quantitative estimate of drug-likeness (QED) is 0.778. The Morgan fingerprint density at radius 1 is 1.62 bits per heavy atom. The van der Waals surface area contributed by atoms with Gasteiger partial charge in [-0.05, 0) is 31.5 Å². The monoisotopic (exact) mass is 219 g/mol. The molecule has 16 heavy (non-hydrogen) atoms. The van der Waals surface area contributed by atoms with Crippen LogP contribution in [0.25, 0.3) is 5.65 Å². The first-order chi connectivity index (χ1) is 7.56. The Balaban J connectivity index is 2.29. The van der Waals surface area contributed by atoms with E-state index >= 15 is 0 Å².